The summed E-state index contributed by atoms with van der Waals surface area (Å²) in [5, 5.41) is 11.8. The van der Waals surface area contributed by atoms with E-state index >= 15 is 0 Å². The number of carbonyl (C=O) groups excluding carboxylic acids is 2. The molecule has 2 aromatic rings. The number of pyridine rings is 1. The number of carboxylic acid groups (broad SMARTS) is 1. The maximum absolute atomic E-state index is 12.6. The highest BCUT2D eigenvalue weighted by atomic mass is 16.4. The minimum Gasteiger partial charge on any atom is -0.478 e. The van der Waals surface area contributed by atoms with Gasteiger partial charge in [-0.15, -0.1) is 0 Å². The van der Waals surface area contributed by atoms with E-state index in [1.54, 1.807) is 41.6 Å². The normalized spacial score (nSPS) is 16.6. The molecule has 2 N–H and O–H groups in total. The Hall–Kier alpha value is -3.22. The van der Waals surface area contributed by atoms with Crippen LogP contribution in [-0.2, 0) is 11.3 Å². The van der Waals surface area contributed by atoms with Crippen molar-refractivity contribution in [3.63, 3.8) is 0 Å². The molecule has 0 aliphatic carbocycles. The standard InChI is InChI=1S/C20H21N3O4/c24-18(22-12-14-3-5-16(6-4-14)20(26)27)17-2-1-11-23(13-17)19(25)15-7-9-21-10-8-15/h3-10,17H,1-2,11-13H2,(H,22,24)(H,26,27). The number of piperidine rings is 1. The second-order valence-corrected chi connectivity index (χ2v) is 6.55. The fourth-order valence-corrected chi connectivity index (χ4v) is 3.15. The van der Waals surface area contributed by atoms with Crippen molar-refractivity contribution in [1.29, 1.82) is 0 Å². The maximum Gasteiger partial charge on any atom is 0.335 e. The summed E-state index contributed by atoms with van der Waals surface area (Å²) in [4.78, 5) is 41.5. The van der Waals surface area contributed by atoms with Crippen LogP contribution in [0.2, 0.25) is 0 Å². The molecule has 2 amide bonds. The average molecular weight is 367 g/mol. The van der Waals surface area contributed by atoms with E-state index in [4.69, 9.17) is 5.11 Å². The molecule has 140 valence electrons. The maximum atomic E-state index is 12.6. The number of amides is 2. The van der Waals surface area contributed by atoms with Gasteiger partial charge in [0.15, 0.2) is 0 Å². The van der Waals surface area contributed by atoms with Crippen molar-refractivity contribution in [3.05, 3.63) is 65.5 Å². The van der Waals surface area contributed by atoms with Crippen LogP contribution in [0.25, 0.3) is 0 Å². The molecule has 1 aromatic heterocycles. The number of carboxylic acids is 1. The zero-order chi connectivity index (χ0) is 19.2. The molecule has 1 aliphatic rings. The third kappa shape index (κ3) is 4.69. The molecular formula is C20H21N3O4. The Kier molecular flexibility index (Phi) is 5.80. The van der Waals surface area contributed by atoms with E-state index in [2.05, 4.69) is 10.3 Å². The molecule has 1 unspecified atom stereocenters. The Morgan fingerprint density at radius 3 is 2.44 bits per heavy atom. The molecule has 0 radical (unpaired) electrons. The molecule has 3 rings (SSSR count). The first kappa shape index (κ1) is 18.6. The van der Waals surface area contributed by atoms with Crippen LogP contribution in [0.3, 0.4) is 0 Å². The van der Waals surface area contributed by atoms with Crippen LogP contribution in [0.5, 0.6) is 0 Å². The van der Waals surface area contributed by atoms with Crippen molar-refractivity contribution in [2.75, 3.05) is 13.1 Å². The van der Waals surface area contributed by atoms with Crippen LogP contribution in [-0.4, -0.2) is 45.9 Å². The average Bonchev–Trinajstić information content (AvgIpc) is 2.72. The Labute approximate surface area is 157 Å². The SMILES string of the molecule is O=C(O)c1ccc(CNC(=O)C2CCCN(C(=O)c3ccncc3)C2)cc1. The molecule has 27 heavy (non-hydrogen) atoms. The number of hydrogen-bond acceptors (Lipinski definition) is 4. The van der Waals surface area contributed by atoms with Crippen LogP contribution < -0.4 is 5.32 Å². The summed E-state index contributed by atoms with van der Waals surface area (Å²) >= 11 is 0. The van der Waals surface area contributed by atoms with Crippen molar-refractivity contribution in [2.24, 2.45) is 5.92 Å². The zero-order valence-corrected chi connectivity index (χ0v) is 14.8. The largest absolute Gasteiger partial charge is 0.478 e. The summed E-state index contributed by atoms with van der Waals surface area (Å²) < 4.78 is 0. The van der Waals surface area contributed by atoms with E-state index in [9.17, 15) is 14.4 Å². The van der Waals surface area contributed by atoms with Crippen molar-refractivity contribution in [3.8, 4) is 0 Å². The van der Waals surface area contributed by atoms with Crippen LogP contribution in [0, 0.1) is 5.92 Å². The van der Waals surface area contributed by atoms with Gasteiger partial charge in [-0.3, -0.25) is 14.6 Å². The summed E-state index contributed by atoms with van der Waals surface area (Å²) in [6.07, 6.45) is 4.68. The molecule has 1 fully saturated rings. The van der Waals surface area contributed by atoms with Gasteiger partial charge in [-0.1, -0.05) is 12.1 Å². The van der Waals surface area contributed by atoms with Crippen molar-refractivity contribution >= 4 is 17.8 Å². The highest BCUT2D eigenvalue weighted by Crippen LogP contribution is 2.19. The summed E-state index contributed by atoms with van der Waals surface area (Å²) in [5.74, 6) is -1.40. The number of likely N-dealkylation sites (tertiary alicyclic amines) is 1. The molecule has 0 saturated carbocycles. The summed E-state index contributed by atoms with van der Waals surface area (Å²) in [7, 11) is 0. The van der Waals surface area contributed by atoms with E-state index in [1.807, 2.05) is 0 Å². The Morgan fingerprint density at radius 2 is 1.78 bits per heavy atom. The summed E-state index contributed by atoms with van der Waals surface area (Å²) in [6, 6.07) is 9.74. The van der Waals surface area contributed by atoms with E-state index in [0.717, 1.165) is 18.4 Å². The molecule has 0 spiro atoms. The smallest absolute Gasteiger partial charge is 0.335 e. The van der Waals surface area contributed by atoms with Crippen LogP contribution >= 0.6 is 0 Å². The Morgan fingerprint density at radius 1 is 1.07 bits per heavy atom. The van der Waals surface area contributed by atoms with E-state index in [0.29, 0.717) is 25.2 Å². The van der Waals surface area contributed by atoms with Gasteiger partial charge in [-0.25, -0.2) is 4.79 Å². The number of nitrogens with zero attached hydrogens (tertiary/aromatic N) is 2. The topological polar surface area (TPSA) is 99.6 Å². The van der Waals surface area contributed by atoms with Gasteiger partial charge < -0.3 is 15.3 Å². The van der Waals surface area contributed by atoms with Crippen LogP contribution in [0.1, 0.15) is 39.1 Å². The quantitative estimate of drug-likeness (QED) is 0.841. The van der Waals surface area contributed by atoms with Gasteiger partial charge in [0.2, 0.25) is 5.91 Å². The molecule has 2 heterocycles. The fraction of sp³-hybridized carbons (Fsp3) is 0.300. The lowest BCUT2D eigenvalue weighted by Crippen LogP contribution is -2.45. The number of aromatic carboxylic acids is 1. The molecular weight excluding hydrogens is 346 g/mol. The minimum absolute atomic E-state index is 0.0841. The second kappa shape index (κ2) is 8.44. The molecule has 7 heteroatoms. The summed E-state index contributed by atoms with van der Waals surface area (Å²) in [6.45, 7) is 1.36. The third-order valence-electron chi connectivity index (χ3n) is 4.67. The van der Waals surface area contributed by atoms with E-state index in [1.165, 1.54) is 12.1 Å². The van der Waals surface area contributed by atoms with Crippen molar-refractivity contribution < 1.29 is 19.5 Å². The molecule has 1 aromatic carbocycles. The first-order valence-corrected chi connectivity index (χ1v) is 8.84. The van der Waals surface area contributed by atoms with Gasteiger partial charge in [0.1, 0.15) is 0 Å². The van der Waals surface area contributed by atoms with E-state index in [-0.39, 0.29) is 23.3 Å². The molecule has 0 bridgehead atoms. The minimum atomic E-state index is -0.980. The zero-order valence-electron chi connectivity index (χ0n) is 14.8. The third-order valence-corrected chi connectivity index (χ3v) is 4.67. The number of rotatable bonds is 5. The molecule has 1 atom stereocenters. The van der Waals surface area contributed by atoms with Crippen LogP contribution in [0.4, 0.5) is 0 Å². The number of carbonyl (C=O) groups is 3. The predicted octanol–water partition coefficient (Wildman–Crippen LogP) is 1.95. The lowest BCUT2D eigenvalue weighted by atomic mass is 9.96. The fourth-order valence-electron chi connectivity index (χ4n) is 3.15. The highest BCUT2D eigenvalue weighted by molar-refractivity contribution is 5.94. The van der Waals surface area contributed by atoms with Crippen LogP contribution in [0.15, 0.2) is 48.8 Å². The predicted molar refractivity (Wildman–Crippen MR) is 98.1 cm³/mol. The number of hydrogen-bond donors (Lipinski definition) is 2. The van der Waals surface area contributed by atoms with Gasteiger partial charge in [0.05, 0.1) is 11.5 Å². The summed E-state index contributed by atoms with van der Waals surface area (Å²) in [5.41, 5.74) is 1.61. The second-order valence-electron chi connectivity index (χ2n) is 6.55. The lowest BCUT2D eigenvalue weighted by molar-refractivity contribution is -0.126. The highest BCUT2D eigenvalue weighted by Gasteiger charge is 2.28. The van der Waals surface area contributed by atoms with Crippen molar-refractivity contribution in [2.45, 2.75) is 19.4 Å². The van der Waals surface area contributed by atoms with Gasteiger partial charge in [0.25, 0.3) is 5.91 Å². The van der Waals surface area contributed by atoms with E-state index < -0.39 is 5.97 Å². The number of nitrogens with one attached hydrogen (secondary N) is 1. The van der Waals surface area contributed by atoms with Gasteiger partial charge in [-0.05, 0) is 42.7 Å². The molecule has 1 aliphatic heterocycles. The lowest BCUT2D eigenvalue weighted by Gasteiger charge is -2.32. The van der Waals surface area contributed by atoms with Crippen molar-refractivity contribution in [1.82, 2.24) is 15.2 Å². The van der Waals surface area contributed by atoms with Gasteiger partial charge in [-0.2, -0.15) is 0 Å². The Balaban J connectivity index is 1.55. The first-order valence-electron chi connectivity index (χ1n) is 8.84. The first-order chi connectivity index (χ1) is 13.0. The monoisotopic (exact) mass is 367 g/mol. The molecule has 7 nitrogen and oxygen atoms in total. The Bertz CT molecular complexity index is 821. The number of benzene rings is 1. The van der Waals surface area contributed by atoms with Gasteiger partial charge >= 0.3 is 5.97 Å². The number of aromatic nitrogens is 1. The van der Waals surface area contributed by atoms with Gasteiger partial charge in [0, 0.05) is 37.6 Å². The molecule has 1 saturated heterocycles.